The highest BCUT2D eigenvalue weighted by Gasteiger charge is 2.15. The predicted octanol–water partition coefficient (Wildman–Crippen LogP) is 4.37. The minimum Gasteiger partial charge on any atom is -0.326 e. The van der Waals surface area contributed by atoms with Crippen LogP contribution in [0.4, 0.5) is 0 Å². The maximum atomic E-state index is 6.25. The largest absolute Gasteiger partial charge is 0.326 e. The first-order valence-electron chi connectivity index (χ1n) is 8.29. The van der Waals surface area contributed by atoms with Crippen molar-refractivity contribution in [1.29, 1.82) is 0 Å². The highest BCUT2D eigenvalue weighted by atomic mass is 15.1. The summed E-state index contributed by atoms with van der Waals surface area (Å²) in [5, 5.41) is 0. The summed E-state index contributed by atoms with van der Waals surface area (Å²) in [5.41, 5.74) is 13.4. The Labute approximate surface area is 138 Å². The Balaban J connectivity index is 2.22. The van der Waals surface area contributed by atoms with Gasteiger partial charge in [-0.2, -0.15) is 0 Å². The second-order valence-electron chi connectivity index (χ2n) is 6.51. The van der Waals surface area contributed by atoms with Crippen molar-refractivity contribution >= 4 is 11.0 Å². The van der Waals surface area contributed by atoms with E-state index in [-0.39, 0.29) is 6.04 Å². The number of nitrogens with zero attached hydrogens (tertiary/aromatic N) is 2. The van der Waals surface area contributed by atoms with Crippen LogP contribution >= 0.6 is 0 Å². The van der Waals surface area contributed by atoms with Gasteiger partial charge in [-0.3, -0.25) is 0 Å². The van der Waals surface area contributed by atoms with Crippen molar-refractivity contribution in [3.63, 3.8) is 0 Å². The van der Waals surface area contributed by atoms with E-state index in [1.807, 2.05) is 0 Å². The van der Waals surface area contributed by atoms with Gasteiger partial charge in [-0.05, 0) is 50.5 Å². The van der Waals surface area contributed by atoms with Gasteiger partial charge in [0, 0.05) is 18.2 Å². The number of imidazole rings is 1. The third kappa shape index (κ3) is 3.02. The van der Waals surface area contributed by atoms with Crippen LogP contribution in [0.15, 0.2) is 36.4 Å². The van der Waals surface area contributed by atoms with Crippen molar-refractivity contribution in [3.8, 4) is 11.4 Å². The van der Waals surface area contributed by atoms with Gasteiger partial charge < -0.3 is 10.3 Å². The van der Waals surface area contributed by atoms with Gasteiger partial charge >= 0.3 is 0 Å². The Kier molecular flexibility index (Phi) is 4.22. The molecule has 3 aromatic rings. The zero-order chi connectivity index (χ0) is 16.6. The maximum absolute atomic E-state index is 6.25. The molecular weight excluding hydrogens is 282 g/mol. The maximum Gasteiger partial charge on any atom is 0.141 e. The molecule has 0 fully saturated rings. The van der Waals surface area contributed by atoms with Crippen LogP contribution in [0.1, 0.15) is 30.0 Å². The van der Waals surface area contributed by atoms with E-state index in [1.165, 1.54) is 22.2 Å². The highest BCUT2D eigenvalue weighted by molar-refractivity contribution is 5.82. The molecule has 1 unspecified atom stereocenters. The summed E-state index contributed by atoms with van der Waals surface area (Å²) >= 11 is 0. The fourth-order valence-corrected chi connectivity index (χ4v) is 2.85. The zero-order valence-electron chi connectivity index (χ0n) is 14.4. The summed E-state index contributed by atoms with van der Waals surface area (Å²) in [6.45, 7) is 9.31. The number of rotatable bonds is 4. The van der Waals surface area contributed by atoms with Crippen molar-refractivity contribution in [2.24, 2.45) is 5.73 Å². The molecule has 0 aliphatic heterocycles. The minimum absolute atomic E-state index is 0.137. The lowest BCUT2D eigenvalue weighted by atomic mass is 10.1. The molecule has 0 saturated carbocycles. The zero-order valence-corrected chi connectivity index (χ0v) is 14.4. The van der Waals surface area contributed by atoms with E-state index < -0.39 is 0 Å². The van der Waals surface area contributed by atoms with Gasteiger partial charge in [0.25, 0.3) is 0 Å². The van der Waals surface area contributed by atoms with E-state index in [0.717, 1.165) is 29.9 Å². The second-order valence-corrected chi connectivity index (χ2v) is 6.51. The molecule has 0 amide bonds. The molecule has 3 heteroatoms. The van der Waals surface area contributed by atoms with Crippen LogP contribution in [0.3, 0.4) is 0 Å². The lowest BCUT2D eigenvalue weighted by molar-refractivity contribution is 0.551. The number of hydrogen-bond acceptors (Lipinski definition) is 2. The predicted molar refractivity (Wildman–Crippen MR) is 97.6 cm³/mol. The molecule has 1 aromatic heterocycles. The lowest BCUT2D eigenvalue weighted by Crippen LogP contribution is -2.25. The molecule has 0 aliphatic carbocycles. The van der Waals surface area contributed by atoms with Crippen LogP contribution in [0, 0.1) is 20.8 Å². The molecule has 120 valence electrons. The highest BCUT2D eigenvalue weighted by Crippen LogP contribution is 2.27. The Bertz CT molecular complexity index is 828. The summed E-state index contributed by atoms with van der Waals surface area (Å²) in [7, 11) is 0. The minimum atomic E-state index is 0.137. The Morgan fingerprint density at radius 1 is 1.04 bits per heavy atom. The molecule has 1 heterocycles. The molecule has 3 nitrogen and oxygen atoms in total. The molecule has 3 rings (SSSR count). The van der Waals surface area contributed by atoms with Gasteiger partial charge in [-0.15, -0.1) is 0 Å². The smallest absolute Gasteiger partial charge is 0.141 e. The summed E-state index contributed by atoms with van der Waals surface area (Å²) in [4.78, 5) is 4.91. The Hall–Kier alpha value is -2.13. The van der Waals surface area contributed by atoms with E-state index in [1.54, 1.807) is 0 Å². The first-order chi connectivity index (χ1) is 11.0. The fraction of sp³-hybridized carbons (Fsp3) is 0.350. The van der Waals surface area contributed by atoms with Crippen molar-refractivity contribution in [2.75, 3.05) is 0 Å². The van der Waals surface area contributed by atoms with E-state index in [9.17, 15) is 0 Å². The molecule has 0 saturated heterocycles. The van der Waals surface area contributed by atoms with Gasteiger partial charge in [0.05, 0.1) is 11.0 Å². The quantitative estimate of drug-likeness (QED) is 0.778. The molecule has 0 aliphatic rings. The average molecular weight is 307 g/mol. The first kappa shape index (κ1) is 15.8. The summed E-state index contributed by atoms with van der Waals surface area (Å²) in [5.74, 6) is 1.01. The molecule has 23 heavy (non-hydrogen) atoms. The SMILES string of the molecule is CCC(N)Cn1c(-c2ccc(C)cc2)nc2cc(C)c(C)cc21. The molecular formula is C20H25N3. The monoisotopic (exact) mass is 307 g/mol. The number of benzene rings is 2. The van der Waals surface area contributed by atoms with Crippen LogP contribution in [0.5, 0.6) is 0 Å². The van der Waals surface area contributed by atoms with Crippen molar-refractivity contribution in [3.05, 3.63) is 53.1 Å². The van der Waals surface area contributed by atoms with Crippen LogP contribution < -0.4 is 5.73 Å². The van der Waals surface area contributed by atoms with Crippen LogP contribution in [0.25, 0.3) is 22.4 Å². The molecule has 1 atom stereocenters. The van der Waals surface area contributed by atoms with E-state index >= 15 is 0 Å². The third-order valence-electron chi connectivity index (χ3n) is 4.61. The molecule has 2 N–H and O–H groups in total. The van der Waals surface area contributed by atoms with Crippen molar-refractivity contribution < 1.29 is 0 Å². The summed E-state index contributed by atoms with van der Waals surface area (Å²) < 4.78 is 2.28. The molecule has 0 bridgehead atoms. The van der Waals surface area contributed by atoms with Crippen molar-refractivity contribution in [1.82, 2.24) is 9.55 Å². The Morgan fingerprint density at radius 2 is 1.70 bits per heavy atom. The number of aromatic nitrogens is 2. The van der Waals surface area contributed by atoms with E-state index in [2.05, 4.69) is 68.7 Å². The van der Waals surface area contributed by atoms with Gasteiger partial charge in [0.2, 0.25) is 0 Å². The number of hydrogen-bond donors (Lipinski definition) is 1. The number of nitrogens with two attached hydrogens (primary N) is 1. The van der Waals surface area contributed by atoms with Gasteiger partial charge in [-0.1, -0.05) is 36.8 Å². The summed E-state index contributed by atoms with van der Waals surface area (Å²) in [6.07, 6.45) is 0.956. The van der Waals surface area contributed by atoms with E-state index in [0.29, 0.717) is 0 Å². The lowest BCUT2D eigenvalue weighted by Gasteiger charge is -2.14. The molecule has 2 aromatic carbocycles. The number of fused-ring (bicyclic) bond motifs is 1. The number of aryl methyl sites for hydroxylation is 3. The Morgan fingerprint density at radius 3 is 2.35 bits per heavy atom. The van der Waals surface area contributed by atoms with Gasteiger partial charge in [0.15, 0.2) is 0 Å². The fourth-order valence-electron chi connectivity index (χ4n) is 2.85. The second kappa shape index (κ2) is 6.17. The first-order valence-corrected chi connectivity index (χ1v) is 8.29. The third-order valence-corrected chi connectivity index (χ3v) is 4.61. The van der Waals surface area contributed by atoms with Crippen LogP contribution in [-0.2, 0) is 6.54 Å². The van der Waals surface area contributed by atoms with E-state index in [4.69, 9.17) is 10.7 Å². The summed E-state index contributed by atoms with van der Waals surface area (Å²) in [6, 6.07) is 13.1. The molecule has 0 radical (unpaired) electrons. The average Bonchev–Trinajstić information content (AvgIpc) is 2.86. The van der Waals surface area contributed by atoms with Crippen LogP contribution in [0.2, 0.25) is 0 Å². The topological polar surface area (TPSA) is 43.8 Å². The van der Waals surface area contributed by atoms with Gasteiger partial charge in [0.1, 0.15) is 5.82 Å². The standard InChI is InChI=1S/C20H25N3/c1-5-17(21)12-23-19-11-15(4)14(3)10-18(19)22-20(23)16-8-6-13(2)7-9-16/h6-11,17H,5,12,21H2,1-4H3. The van der Waals surface area contributed by atoms with Crippen molar-refractivity contribution in [2.45, 2.75) is 46.7 Å². The van der Waals surface area contributed by atoms with Gasteiger partial charge in [-0.25, -0.2) is 4.98 Å². The molecule has 0 spiro atoms. The van der Waals surface area contributed by atoms with Crippen LogP contribution in [-0.4, -0.2) is 15.6 Å². The normalized spacial score (nSPS) is 12.7.